The van der Waals surface area contributed by atoms with Gasteiger partial charge in [0, 0.05) is 76.3 Å². The largest absolute Gasteiger partial charge is 0.0776 e. The van der Waals surface area contributed by atoms with E-state index in [1.165, 1.54) is 0 Å². The van der Waals surface area contributed by atoms with Crippen molar-refractivity contribution in [3.63, 3.8) is 0 Å². The van der Waals surface area contributed by atoms with Gasteiger partial charge in [0.15, 0.2) is 0 Å². The van der Waals surface area contributed by atoms with Gasteiger partial charge in [-0.1, -0.05) is 7.43 Å². The van der Waals surface area contributed by atoms with E-state index in [0.29, 0.717) is 0 Å². The molecule has 0 bridgehead atoms. The topological polar surface area (TPSA) is 0 Å². The molecule has 36 valence electrons. The minimum Gasteiger partial charge on any atom is -0.0776 e. The molecule has 0 nitrogen and oxygen atoms in total. The zero-order valence-electron chi connectivity index (χ0n) is 1.58. The van der Waals surface area contributed by atoms with Gasteiger partial charge in [-0.2, -0.15) is 0 Å². The maximum Gasteiger partial charge on any atom is 0 e. The fourth-order valence-corrected chi connectivity index (χ4v) is 0. The Morgan fingerprint density at radius 3 is 1.00 bits per heavy atom. The first-order chi connectivity index (χ1) is 0. The van der Waals surface area contributed by atoms with Gasteiger partial charge in [0.2, 0.25) is 0 Å². The van der Waals surface area contributed by atoms with E-state index in [9.17, 15) is 0 Å². The fourth-order valence-electron chi connectivity index (χ4n) is 0. The number of hydrogen-bond donors (Lipinski definition) is 0. The molecule has 0 atom stereocenters. The fraction of sp³-hybridized carbons (Fsp3) is 1.00. The third kappa shape index (κ3) is 21.4. The van der Waals surface area contributed by atoms with E-state index >= 15 is 0 Å². The van der Waals surface area contributed by atoms with Crippen molar-refractivity contribution < 1.29 is 76.3 Å². The second-order valence-corrected chi connectivity index (χ2v) is 0. The quantitative estimate of drug-likeness (QED) is 0.555. The van der Waals surface area contributed by atoms with Crippen LogP contribution in [0.1, 0.15) is 7.43 Å². The first kappa shape index (κ1) is 52.3. The zero-order valence-corrected chi connectivity index (χ0v) is 8.16. The van der Waals surface area contributed by atoms with Crippen LogP contribution >= 0.6 is 0 Å². The molecule has 0 saturated heterocycles. The second kappa shape index (κ2) is 32.2. The minimum atomic E-state index is 0. The predicted molar refractivity (Wildman–Crippen MR) is 6.73 cm³/mol. The maximum atomic E-state index is 0. The summed E-state index contributed by atoms with van der Waals surface area (Å²) in [4.78, 5) is 0. The Bertz CT molecular complexity index is 11.6. The minimum absolute atomic E-state index is 0. The Balaban J connectivity index is 0. The third-order valence-corrected chi connectivity index (χ3v) is 0. The summed E-state index contributed by atoms with van der Waals surface area (Å²) in [6.07, 6.45) is 0. The normalized spacial score (nSPS) is 0. The summed E-state index contributed by atoms with van der Waals surface area (Å²) in [6, 6.07) is 0. The molecule has 0 aliphatic carbocycles. The molecule has 0 rings (SSSR count). The van der Waals surface area contributed by atoms with Crippen molar-refractivity contribution in [1.29, 1.82) is 0 Å². The third-order valence-electron chi connectivity index (χ3n) is 0. The molecule has 0 aromatic carbocycles. The van der Waals surface area contributed by atoms with Crippen LogP contribution in [0.2, 0.25) is 0 Å². The van der Waals surface area contributed by atoms with Gasteiger partial charge in [0.05, 0.1) is 0 Å². The molecule has 0 aliphatic heterocycles. The Kier molecular flexibility index (Phi) is 337. The predicted octanol–water partition coefficient (Wildman–Crippen LogP) is 0.626. The summed E-state index contributed by atoms with van der Waals surface area (Å²) < 4.78 is 0. The second-order valence-electron chi connectivity index (χ2n) is 0. The van der Waals surface area contributed by atoms with Crippen molar-refractivity contribution in [2.75, 3.05) is 0 Å². The molecule has 0 aliphatic rings. The van der Waals surface area contributed by atoms with Gasteiger partial charge in [-0.15, -0.1) is 0 Å². The van der Waals surface area contributed by atoms with Crippen molar-refractivity contribution in [2.45, 2.75) is 7.43 Å². The molecule has 0 unspecified atom stereocenters. The van der Waals surface area contributed by atoms with Gasteiger partial charge in [-0.05, 0) is 0 Å². The SMILES string of the molecule is C.[Fe].[Ni].[Ti].[W]. The molecule has 0 aromatic heterocycles. The van der Waals surface area contributed by atoms with Gasteiger partial charge in [-0.3, -0.25) is 0 Å². The Labute approximate surface area is 82.8 Å². The Morgan fingerprint density at radius 2 is 1.00 bits per heavy atom. The summed E-state index contributed by atoms with van der Waals surface area (Å²) >= 11 is 0. The molecule has 4 heteroatoms. The Morgan fingerprint density at radius 1 is 1.00 bits per heavy atom. The first-order valence-corrected chi connectivity index (χ1v) is 0. The van der Waals surface area contributed by atoms with E-state index in [1.54, 1.807) is 0 Å². The maximum absolute atomic E-state index is 0. The van der Waals surface area contributed by atoms with Crippen molar-refractivity contribution in [1.82, 2.24) is 0 Å². The zero-order chi connectivity index (χ0) is 0. The van der Waals surface area contributed by atoms with E-state index in [2.05, 4.69) is 0 Å². The molecule has 0 N–H and O–H groups in total. The summed E-state index contributed by atoms with van der Waals surface area (Å²) in [7, 11) is 0. The van der Waals surface area contributed by atoms with Gasteiger partial charge >= 0.3 is 0 Å². The van der Waals surface area contributed by atoms with Crippen molar-refractivity contribution in [3.05, 3.63) is 0 Å². The standard InChI is InChI=1S/CH4.Fe.Ni.Ti.W/h1H4;;;;. The van der Waals surface area contributed by atoms with Crippen LogP contribution in [0.15, 0.2) is 0 Å². The van der Waals surface area contributed by atoms with Crippen LogP contribution in [0.3, 0.4) is 0 Å². The van der Waals surface area contributed by atoms with Gasteiger partial charge < -0.3 is 0 Å². The van der Waals surface area contributed by atoms with E-state index in [-0.39, 0.29) is 83.8 Å². The van der Waals surface area contributed by atoms with Crippen LogP contribution in [-0.2, 0) is 76.3 Å². The average Bonchev–Trinajstić information content (AvgIpc) is 0. The van der Waals surface area contributed by atoms with E-state index < -0.39 is 0 Å². The molecular formula is CH4FeNiTiW. The molecule has 0 amide bonds. The Hall–Kier alpha value is 2.42. The molecule has 0 fully saturated rings. The van der Waals surface area contributed by atoms with Crippen molar-refractivity contribution in [2.24, 2.45) is 0 Å². The number of rotatable bonds is 0. The molecule has 0 saturated carbocycles. The smallest absolute Gasteiger partial charge is 0 e. The van der Waals surface area contributed by atoms with Crippen LogP contribution in [0.4, 0.5) is 0 Å². The molecule has 0 heterocycles. The van der Waals surface area contributed by atoms with Crippen LogP contribution < -0.4 is 0 Å². The van der Waals surface area contributed by atoms with Crippen LogP contribution in [0, 0.1) is 0 Å². The molecular weight excluding hydrogens is 358 g/mol. The van der Waals surface area contributed by atoms with E-state index in [1.807, 2.05) is 0 Å². The number of hydrogen-bond acceptors (Lipinski definition) is 0. The molecule has 0 radical (unpaired) electrons. The van der Waals surface area contributed by atoms with Gasteiger partial charge in [0.25, 0.3) is 0 Å². The van der Waals surface area contributed by atoms with Crippen molar-refractivity contribution in [3.8, 4) is 0 Å². The summed E-state index contributed by atoms with van der Waals surface area (Å²) in [6.45, 7) is 0. The summed E-state index contributed by atoms with van der Waals surface area (Å²) in [5.41, 5.74) is 0. The first-order valence-electron chi connectivity index (χ1n) is 0. The monoisotopic (exact) mass is 362 g/mol. The van der Waals surface area contributed by atoms with Crippen LogP contribution in [0.25, 0.3) is 0 Å². The van der Waals surface area contributed by atoms with Crippen molar-refractivity contribution >= 4 is 0 Å². The van der Waals surface area contributed by atoms with E-state index in [0.717, 1.165) is 0 Å². The summed E-state index contributed by atoms with van der Waals surface area (Å²) in [5.74, 6) is 0. The van der Waals surface area contributed by atoms with Gasteiger partial charge in [0.1, 0.15) is 0 Å². The molecule has 0 spiro atoms. The van der Waals surface area contributed by atoms with Gasteiger partial charge in [-0.25, -0.2) is 0 Å². The molecule has 5 heavy (non-hydrogen) atoms. The van der Waals surface area contributed by atoms with E-state index in [4.69, 9.17) is 0 Å². The average molecular weight is 362 g/mol. The summed E-state index contributed by atoms with van der Waals surface area (Å²) in [5, 5.41) is 0. The van der Waals surface area contributed by atoms with Crippen LogP contribution in [-0.4, -0.2) is 0 Å². The molecule has 0 aromatic rings. The van der Waals surface area contributed by atoms with Crippen LogP contribution in [0.5, 0.6) is 0 Å².